The Kier molecular flexibility index (Phi) is 11.2. The van der Waals surface area contributed by atoms with Gasteiger partial charge < -0.3 is 19.5 Å². The number of amides is 2. The second-order valence-electron chi connectivity index (χ2n) is 7.12. The summed E-state index contributed by atoms with van der Waals surface area (Å²) in [7, 11) is 1.57. The molecule has 0 spiro atoms. The third-order valence-electron chi connectivity index (χ3n) is 4.80. The van der Waals surface area contributed by atoms with Gasteiger partial charge in [-0.2, -0.15) is 0 Å². The van der Waals surface area contributed by atoms with E-state index in [-0.39, 0.29) is 25.7 Å². The van der Waals surface area contributed by atoms with Gasteiger partial charge in [0.1, 0.15) is 12.5 Å². The number of benzene rings is 2. The van der Waals surface area contributed by atoms with Crippen LogP contribution in [0.15, 0.2) is 53.0 Å². The standard InChI is InChI=1S/C23H29BrN2O6/c1-3-31-15-32-14-20(25-22(27)17-7-9-19(24)10-8-17)13-18(23(28)26-29)11-16-5-4-6-21(12-16)30-2/h4-10,12,18,20,29H,3,11,13-15H2,1-2H3,(H,25,27)(H,26,28)/t18-,20-/m0/s1. The molecule has 174 valence electrons. The monoisotopic (exact) mass is 508 g/mol. The van der Waals surface area contributed by atoms with E-state index in [0.29, 0.717) is 24.3 Å². The van der Waals surface area contributed by atoms with Crippen molar-refractivity contribution in [2.45, 2.75) is 25.8 Å². The van der Waals surface area contributed by atoms with Crippen molar-refractivity contribution in [1.29, 1.82) is 0 Å². The molecule has 0 unspecified atom stereocenters. The maximum atomic E-state index is 12.7. The van der Waals surface area contributed by atoms with E-state index < -0.39 is 17.9 Å². The molecule has 0 heterocycles. The number of carbonyl (C=O) groups excluding carboxylic acids is 2. The molecule has 0 aliphatic carbocycles. The zero-order valence-corrected chi connectivity index (χ0v) is 19.8. The van der Waals surface area contributed by atoms with Gasteiger partial charge in [-0.3, -0.25) is 14.8 Å². The average Bonchev–Trinajstić information content (AvgIpc) is 2.81. The Bertz CT molecular complexity index is 862. The normalized spacial score (nSPS) is 12.6. The highest BCUT2D eigenvalue weighted by molar-refractivity contribution is 9.10. The second kappa shape index (κ2) is 13.8. The van der Waals surface area contributed by atoms with Gasteiger partial charge in [-0.25, -0.2) is 5.48 Å². The third kappa shape index (κ3) is 8.58. The van der Waals surface area contributed by atoms with Crippen molar-refractivity contribution in [3.63, 3.8) is 0 Å². The van der Waals surface area contributed by atoms with Crippen LogP contribution in [-0.4, -0.2) is 50.2 Å². The van der Waals surface area contributed by atoms with Crippen LogP contribution >= 0.6 is 15.9 Å². The van der Waals surface area contributed by atoms with E-state index in [1.54, 1.807) is 36.9 Å². The van der Waals surface area contributed by atoms with E-state index in [1.165, 1.54) is 0 Å². The van der Waals surface area contributed by atoms with E-state index in [4.69, 9.17) is 14.2 Å². The largest absolute Gasteiger partial charge is 0.497 e. The Morgan fingerprint density at radius 2 is 1.88 bits per heavy atom. The van der Waals surface area contributed by atoms with Gasteiger partial charge in [-0.1, -0.05) is 28.1 Å². The summed E-state index contributed by atoms with van der Waals surface area (Å²) in [6.45, 7) is 2.58. The van der Waals surface area contributed by atoms with Crippen LogP contribution in [0.2, 0.25) is 0 Å². The van der Waals surface area contributed by atoms with Crippen LogP contribution in [-0.2, 0) is 20.7 Å². The minimum absolute atomic E-state index is 0.0773. The molecule has 2 aromatic rings. The average molecular weight is 509 g/mol. The summed E-state index contributed by atoms with van der Waals surface area (Å²) in [6.07, 6.45) is 0.595. The summed E-state index contributed by atoms with van der Waals surface area (Å²) in [5.41, 5.74) is 3.09. The molecule has 0 fully saturated rings. The lowest BCUT2D eigenvalue weighted by Crippen LogP contribution is -2.42. The molecule has 8 nitrogen and oxygen atoms in total. The number of hydroxylamine groups is 1. The number of hydrogen-bond acceptors (Lipinski definition) is 6. The first-order chi connectivity index (χ1) is 15.5. The molecule has 32 heavy (non-hydrogen) atoms. The van der Waals surface area contributed by atoms with Crippen molar-refractivity contribution in [3.05, 3.63) is 64.1 Å². The van der Waals surface area contributed by atoms with Crippen molar-refractivity contribution in [3.8, 4) is 5.75 Å². The number of methoxy groups -OCH3 is 1. The molecule has 2 aromatic carbocycles. The molecule has 2 atom stereocenters. The first kappa shape index (κ1) is 25.8. The van der Waals surface area contributed by atoms with E-state index in [2.05, 4.69) is 21.2 Å². The van der Waals surface area contributed by atoms with Crippen LogP contribution in [0, 0.1) is 5.92 Å². The first-order valence-corrected chi connectivity index (χ1v) is 11.0. The van der Waals surface area contributed by atoms with Crippen LogP contribution in [0.25, 0.3) is 0 Å². The summed E-state index contributed by atoms with van der Waals surface area (Å²) in [5, 5.41) is 12.2. The fourth-order valence-electron chi connectivity index (χ4n) is 3.17. The molecule has 0 aliphatic heterocycles. The number of ether oxygens (including phenoxy) is 3. The van der Waals surface area contributed by atoms with Gasteiger partial charge in [0.15, 0.2) is 0 Å². The molecule has 0 aliphatic rings. The van der Waals surface area contributed by atoms with Gasteiger partial charge in [0.25, 0.3) is 5.91 Å². The lowest BCUT2D eigenvalue weighted by Gasteiger charge is -2.24. The lowest BCUT2D eigenvalue weighted by molar-refractivity contribution is -0.134. The molecule has 2 rings (SSSR count). The van der Waals surface area contributed by atoms with Crippen molar-refractivity contribution < 1.29 is 29.0 Å². The number of carbonyl (C=O) groups is 2. The molecule has 0 aromatic heterocycles. The Labute approximate surface area is 196 Å². The Balaban J connectivity index is 2.14. The van der Waals surface area contributed by atoms with Gasteiger partial charge in [-0.05, 0) is 61.7 Å². The predicted molar refractivity (Wildman–Crippen MR) is 123 cm³/mol. The maximum Gasteiger partial charge on any atom is 0.251 e. The summed E-state index contributed by atoms with van der Waals surface area (Å²) in [6, 6.07) is 13.8. The second-order valence-corrected chi connectivity index (χ2v) is 8.04. The summed E-state index contributed by atoms with van der Waals surface area (Å²) < 4.78 is 16.9. The molecule has 2 amide bonds. The molecule has 3 N–H and O–H groups in total. The minimum atomic E-state index is -0.613. The van der Waals surface area contributed by atoms with Gasteiger partial charge in [-0.15, -0.1) is 0 Å². The molecule has 0 radical (unpaired) electrons. The van der Waals surface area contributed by atoms with Crippen molar-refractivity contribution in [2.75, 3.05) is 27.1 Å². The van der Waals surface area contributed by atoms with Gasteiger partial charge >= 0.3 is 0 Å². The summed E-state index contributed by atoms with van der Waals surface area (Å²) >= 11 is 3.35. The van der Waals surface area contributed by atoms with Crippen molar-refractivity contribution >= 4 is 27.7 Å². The number of rotatable bonds is 13. The third-order valence-corrected chi connectivity index (χ3v) is 5.33. The molecule has 0 saturated heterocycles. The number of hydrogen-bond donors (Lipinski definition) is 3. The SMILES string of the molecule is CCOCOC[C@H](C[C@H](Cc1cccc(OC)c1)C(=O)NO)NC(=O)c1ccc(Br)cc1. The van der Waals surface area contributed by atoms with Crippen LogP contribution in [0.4, 0.5) is 0 Å². The highest BCUT2D eigenvalue weighted by atomic mass is 79.9. The molecule has 0 saturated carbocycles. The Morgan fingerprint density at radius 3 is 2.53 bits per heavy atom. The minimum Gasteiger partial charge on any atom is -0.497 e. The quantitative estimate of drug-likeness (QED) is 0.166. The van der Waals surface area contributed by atoms with E-state index in [9.17, 15) is 14.8 Å². The lowest BCUT2D eigenvalue weighted by atomic mass is 9.92. The molecular formula is C23H29BrN2O6. The van der Waals surface area contributed by atoms with Crippen LogP contribution in [0.3, 0.4) is 0 Å². The Hall–Kier alpha value is -2.46. The van der Waals surface area contributed by atoms with E-state index >= 15 is 0 Å². The number of halogens is 1. The van der Waals surface area contributed by atoms with Crippen LogP contribution in [0.1, 0.15) is 29.3 Å². The molecular weight excluding hydrogens is 480 g/mol. The maximum absolute atomic E-state index is 12.7. The predicted octanol–water partition coefficient (Wildman–Crippen LogP) is 3.32. The summed E-state index contributed by atoms with van der Waals surface area (Å²) in [5.74, 6) is -0.767. The van der Waals surface area contributed by atoms with Gasteiger partial charge in [0, 0.05) is 22.6 Å². The van der Waals surface area contributed by atoms with Crippen molar-refractivity contribution in [1.82, 2.24) is 10.8 Å². The van der Waals surface area contributed by atoms with Crippen molar-refractivity contribution in [2.24, 2.45) is 5.92 Å². The van der Waals surface area contributed by atoms with Crippen LogP contribution in [0.5, 0.6) is 5.75 Å². The zero-order valence-electron chi connectivity index (χ0n) is 18.2. The number of nitrogens with one attached hydrogen (secondary N) is 2. The fraction of sp³-hybridized carbons (Fsp3) is 0.391. The van der Waals surface area contributed by atoms with Gasteiger partial charge in [0.05, 0.1) is 19.8 Å². The van der Waals surface area contributed by atoms with Gasteiger partial charge in [0.2, 0.25) is 5.91 Å². The first-order valence-electron chi connectivity index (χ1n) is 10.3. The zero-order chi connectivity index (χ0) is 23.3. The highest BCUT2D eigenvalue weighted by Gasteiger charge is 2.25. The highest BCUT2D eigenvalue weighted by Crippen LogP contribution is 2.20. The smallest absolute Gasteiger partial charge is 0.251 e. The Morgan fingerprint density at radius 1 is 1.12 bits per heavy atom. The van der Waals surface area contributed by atoms with Crippen LogP contribution < -0.4 is 15.5 Å². The topological polar surface area (TPSA) is 106 Å². The summed E-state index contributed by atoms with van der Waals surface area (Å²) in [4.78, 5) is 25.1. The molecule has 0 bridgehead atoms. The van der Waals surface area contributed by atoms with E-state index in [0.717, 1.165) is 10.0 Å². The molecule has 9 heteroatoms. The fourth-order valence-corrected chi connectivity index (χ4v) is 3.44. The van der Waals surface area contributed by atoms with E-state index in [1.807, 2.05) is 31.2 Å².